The standard InChI is InChI=1S/C19H19ClF2N4O3/c1-9(2)17(27)25-16-13-7-26(19(28)12(13)6-23-16)10(3)11-4-14(20)18(24-5-11)29-8-15(21)22/h4-6,9-10,15H,7-8H2,1-3H3/p+1. The van der Waals surface area contributed by atoms with E-state index in [1.54, 1.807) is 25.7 Å². The molecule has 2 aliphatic heterocycles. The lowest BCUT2D eigenvalue weighted by molar-refractivity contribution is -0.126. The van der Waals surface area contributed by atoms with Gasteiger partial charge in [-0.25, -0.2) is 23.2 Å². The number of nitrogens with one attached hydrogen (secondary N) is 1. The number of rotatable bonds is 6. The average Bonchev–Trinajstić information content (AvgIpc) is 3.20. The predicted octanol–water partition coefficient (Wildman–Crippen LogP) is 1.90. The van der Waals surface area contributed by atoms with Crippen LogP contribution in [-0.2, 0) is 9.59 Å². The Labute approximate surface area is 171 Å². The van der Waals surface area contributed by atoms with Gasteiger partial charge in [-0.15, -0.1) is 0 Å². The number of halogens is 3. The molecule has 1 aromatic heterocycles. The molecule has 0 aliphatic carbocycles. The molecule has 2 amide bonds. The number of pyridine rings is 1. The summed E-state index contributed by atoms with van der Waals surface area (Å²) < 4.78 is 33.6. The summed E-state index contributed by atoms with van der Waals surface area (Å²) in [6.45, 7) is 4.80. The molecule has 10 heteroatoms. The molecule has 0 saturated heterocycles. The molecular formula is C19H20ClF2N4O3+. The molecule has 0 fully saturated rings. The topological polar surface area (TPSA) is 85.6 Å². The lowest BCUT2D eigenvalue weighted by Gasteiger charge is -2.25. The summed E-state index contributed by atoms with van der Waals surface area (Å²) in [6.07, 6.45) is 0.255. The highest BCUT2D eigenvalue weighted by atomic mass is 35.5. The molecule has 154 valence electrons. The van der Waals surface area contributed by atoms with E-state index in [2.05, 4.69) is 15.0 Å². The second kappa shape index (κ2) is 8.31. The van der Waals surface area contributed by atoms with Gasteiger partial charge in [0.2, 0.25) is 12.1 Å². The fraction of sp³-hybridized carbons (Fsp3) is 0.421. The minimum atomic E-state index is -2.63. The monoisotopic (exact) mass is 425 g/mol. The molecule has 0 spiro atoms. The first-order chi connectivity index (χ1) is 13.7. The molecule has 7 nitrogen and oxygen atoms in total. The third-order valence-corrected chi connectivity index (χ3v) is 4.91. The summed E-state index contributed by atoms with van der Waals surface area (Å²) in [5, 5.41) is 2.82. The first-order valence-corrected chi connectivity index (χ1v) is 9.39. The SMILES string of the molecule is CC(C)C(=O)NC1=[N+]=CC2=C1CN(C(C)c1cnc(OCC(F)F)c(Cl)c1)C2=O. The first-order valence-electron chi connectivity index (χ1n) is 9.01. The van der Waals surface area contributed by atoms with Gasteiger partial charge < -0.3 is 9.64 Å². The van der Waals surface area contributed by atoms with Gasteiger partial charge in [-0.2, -0.15) is 5.32 Å². The van der Waals surface area contributed by atoms with E-state index >= 15 is 0 Å². The summed E-state index contributed by atoms with van der Waals surface area (Å²) in [5.74, 6) is -0.322. The van der Waals surface area contributed by atoms with Crippen molar-refractivity contribution in [3.8, 4) is 5.88 Å². The Hall–Kier alpha value is -2.77. The number of carbonyl (C=O) groups is 2. The van der Waals surface area contributed by atoms with Crippen molar-refractivity contribution in [2.75, 3.05) is 13.2 Å². The zero-order valence-electron chi connectivity index (χ0n) is 16.1. The molecule has 3 heterocycles. The van der Waals surface area contributed by atoms with Crippen LogP contribution in [0, 0.1) is 5.92 Å². The fourth-order valence-corrected chi connectivity index (χ4v) is 3.16. The Kier molecular flexibility index (Phi) is 6.00. The summed E-state index contributed by atoms with van der Waals surface area (Å²) in [4.78, 5) is 30.3. The number of aromatic nitrogens is 1. The maximum atomic E-state index is 12.8. The van der Waals surface area contributed by atoms with Crippen molar-refractivity contribution in [2.45, 2.75) is 33.2 Å². The third kappa shape index (κ3) is 4.31. The van der Waals surface area contributed by atoms with Crippen LogP contribution < -0.4 is 14.7 Å². The van der Waals surface area contributed by atoms with Crippen LogP contribution in [0.4, 0.5) is 8.78 Å². The van der Waals surface area contributed by atoms with Gasteiger partial charge in [-0.05, 0) is 18.6 Å². The Morgan fingerprint density at radius 2 is 2.14 bits per heavy atom. The van der Waals surface area contributed by atoms with Crippen LogP contribution in [-0.4, -0.2) is 53.3 Å². The highest BCUT2D eigenvalue weighted by molar-refractivity contribution is 6.32. The first kappa shape index (κ1) is 21.0. The molecule has 1 N–H and O–H groups in total. The van der Waals surface area contributed by atoms with Crippen LogP contribution in [0.1, 0.15) is 32.4 Å². The van der Waals surface area contributed by atoms with Gasteiger partial charge in [0.1, 0.15) is 10.6 Å². The maximum absolute atomic E-state index is 12.8. The lowest BCUT2D eigenvalue weighted by atomic mass is 10.1. The number of amides is 2. The molecule has 0 bridgehead atoms. The molecule has 3 rings (SSSR count). The largest absolute Gasteiger partial charge is 0.471 e. The average molecular weight is 426 g/mol. The molecule has 1 unspecified atom stereocenters. The van der Waals surface area contributed by atoms with Crippen molar-refractivity contribution in [1.82, 2.24) is 19.9 Å². The van der Waals surface area contributed by atoms with E-state index in [1.807, 2.05) is 0 Å². The summed E-state index contributed by atoms with van der Waals surface area (Å²) in [6, 6.07) is 1.15. The number of hydrogen-bond acceptors (Lipinski definition) is 4. The maximum Gasteiger partial charge on any atom is 0.381 e. The van der Waals surface area contributed by atoms with Gasteiger partial charge in [0.15, 0.2) is 6.61 Å². The fourth-order valence-electron chi connectivity index (χ4n) is 2.93. The molecule has 0 saturated carbocycles. The van der Waals surface area contributed by atoms with Gasteiger partial charge in [0.05, 0.1) is 24.1 Å². The molecular weight excluding hydrogens is 406 g/mol. The van der Waals surface area contributed by atoms with Crippen LogP contribution >= 0.6 is 11.6 Å². The van der Waals surface area contributed by atoms with Gasteiger partial charge in [-0.3, -0.25) is 4.79 Å². The van der Waals surface area contributed by atoms with Crippen molar-refractivity contribution in [3.63, 3.8) is 0 Å². The molecule has 29 heavy (non-hydrogen) atoms. The molecule has 1 atom stereocenters. The normalized spacial score (nSPS) is 16.6. The van der Waals surface area contributed by atoms with Gasteiger partial charge in [-0.1, -0.05) is 25.4 Å². The summed E-state index contributed by atoms with van der Waals surface area (Å²) >= 11 is 6.09. The van der Waals surface area contributed by atoms with Gasteiger partial charge in [0.25, 0.3) is 12.3 Å². The molecule has 2 aliphatic rings. The van der Waals surface area contributed by atoms with E-state index in [1.165, 1.54) is 18.5 Å². The summed E-state index contributed by atoms with van der Waals surface area (Å²) in [7, 11) is 0. The van der Waals surface area contributed by atoms with Gasteiger partial charge in [0, 0.05) is 6.20 Å². The number of nitrogens with zero attached hydrogens (tertiary/aromatic N) is 3. The minimum absolute atomic E-state index is 0.0835. The number of amidine groups is 1. The summed E-state index contributed by atoms with van der Waals surface area (Å²) in [5.41, 5.74) is 1.72. The zero-order valence-corrected chi connectivity index (χ0v) is 16.8. The van der Waals surface area contributed by atoms with Crippen molar-refractivity contribution >= 4 is 35.5 Å². The van der Waals surface area contributed by atoms with E-state index in [-0.39, 0.29) is 35.2 Å². The number of hydrogen-bond donors (Lipinski definition) is 1. The second-order valence-corrected chi connectivity index (χ2v) is 7.42. The second-order valence-electron chi connectivity index (χ2n) is 7.01. The van der Waals surface area contributed by atoms with Crippen molar-refractivity contribution in [3.05, 3.63) is 34.0 Å². The smallest absolute Gasteiger partial charge is 0.381 e. The van der Waals surface area contributed by atoms with Crippen LogP contribution in [0.15, 0.2) is 23.4 Å². The number of alkyl halides is 2. The van der Waals surface area contributed by atoms with Crippen LogP contribution in [0.2, 0.25) is 5.02 Å². The van der Waals surface area contributed by atoms with Crippen molar-refractivity contribution in [2.24, 2.45) is 5.92 Å². The van der Waals surface area contributed by atoms with Crippen LogP contribution in [0.5, 0.6) is 5.88 Å². The molecule has 0 radical (unpaired) electrons. The lowest BCUT2D eigenvalue weighted by Crippen LogP contribution is -2.38. The van der Waals surface area contributed by atoms with E-state index in [9.17, 15) is 18.4 Å². The van der Waals surface area contributed by atoms with E-state index in [4.69, 9.17) is 16.3 Å². The Morgan fingerprint density at radius 1 is 1.41 bits per heavy atom. The van der Waals surface area contributed by atoms with Crippen LogP contribution in [0.25, 0.3) is 0 Å². The van der Waals surface area contributed by atoms with E-state index < -0.39 is 19.1 Å². The van der Waals surface area contributed by atoms with E-state index in [0.717, 1.165) is 0 Å². The third-order valence-electron chi connectivity index (χ3n) is 4.64. The van der Waals surface area contributed by atoms with Gasteiger partial charge >= 0.3 is 11.7 Å². The quantitative estimate of drug-likeness (QED) is 0.705. The zero-order chi connectivity index (χ0) is 21.3. The Bertz CT molecular complexity index is 955. The molecule has 0 aromatic carbocycles. The molecule has 1 aromatic rings. The Balaban J connectivity index is 1.72. The number of ether oxygens (including phenoxy) is 1. The van der Waals surface area contributed by atoms with Crippen molar-refractivity contribution in [1.29, 1.82) is 0 Å². The highest BCUT2D eigenvalue weighted by Gasteiger charge is 2.42. The van der Waals surface area contributed by atoms with E-state index in [0.29, 0.717) is 22.5 Å². The van der Waals surface area contributed by atoms with Crippen LogP contribution in [0.3, 0.4) is 0 Å². The Morgan fingerprint density at radius 3 is 2.76 bits per heavy atom. The van der Waals surface area contributed by atoms with Crippen molar-refractivity contribution < 1.29 is 23.1 Å². The predicted molar refractivity (Wildman–Crippen MR) is 104 cm³/mol. The number of carbonyl (C=O) groups excluding carboxylic acids is 2. The minimum Gasteiger partial charge on any atom is -0.471 e. The highest BCUT2D eigenvalue weighted by Crippen LogP contribution is 2.32.